The second-order valence-corrected chi connectivity index (χ2v) is 7.18. The highest BCUT2D eigenvalue weighted by atomic mass is 16.6. The van der Waals surface area contributed by atoms with Crippen molar-refractivity contribution in [3.05, 3.63) is 23.8 Å². The zero-order chi connectivity index (χ0) is 16.0. The van der Waals surface area contributed by atoms with E-state index in [1.54, 1.807) is 11.0 Å². The minimum absolute atomic E-state index is 0.134. The van der Waals surface area contributed by atoms with Gasteiger partial charge >= 0.3 is 12.1 Å². The maximum atomic E-state index is 12.5. The number of fused-ring (bicyclic) bond motifs is 1. The van der Waals surface area contributed by atoms with Crippen LogP contribution in [0.25, 0.3) is 0 Å². The standard InChI is InChI=1S/C17H23NO4/c1-16(2,3)22-15(20)18-10-6-8-13(18)17-9-5-4-7-12(17)11-14(19)21-17/h4,7,11,13H,5-6,8-10H2,1-3H3/t13-,17+/m1/s1. The number of amides is 1. The number of carbonyl (C=O) groups is 2. The average Bonchev–Trinajstić information content (AvgIpc) is 2.99. The molecule has 1 amide bonds. The zero-order valence-corrected chi connectivity index (χ0v) is 13.4. The summed E-state index contributed by atoms with van der Waals surface area (Å²) in [6.45, 7) is 6.23. The lowest BCUT2D eigenvalue weighted by Crippen LogP contribution is -2.54. The number of rotatable bonds is 1. The molecule has 5 nitrogen and oxygen atoms in total. The normalized spacial score (nSPS) is 30.9. The first-order valence-corrected chi connectivity index (χ1v) is 7.93. The number of carbonyl (C=O) groups excluding carboxylic acids is 2. The Balaban J connectivity index is 1.87. The molecule has 0 bridgehead atoms. The van der Waals surface area contributed by atoms with Crippen molar-refractivity contribution in [1.82, 2.24) is 4.90 Å². The van der Waals surface area contributed by atoms with Crippen molar-refractivity contribution in [2.75, 3.05) is 6.54 Å². The van der Waals surface area contributed by atoms with Crippen LogP contribution in [-0.2, 0) is 14.3 Å². The fourth-order valence-electron chi connectivity index (χ4n) is 3.63. The fourth-order valence-corrected chi connectivity index (χ4v) is 3.63. The Bertz CT molecular complexity index is 557. The largest absolute Gasteiger partial charge is 0.449 e. The Morgan fingerprint density at radius 2 is 2.23 bits per heavy atom. The van der Waals surface area contributed by atoms with Gasteiger partial charge in [0.25, 0.3) is 0 Å². The summed E-state index contributed by atoms with van der Waals surface area (Å²) in [5.41, 5.74) is -0.317. The van der Waals surface area contributed by atoms with E-state index in [0.29, 0.717) is 6.54 Å². The van der Waals surface area contributed by atoms with E-state index >= 15 is 0 Å². The number of ether oxygens (including phenoxy) is 2. The number of likely N-dealkylation sites (tertiary alicyclic amines) is 1. The van der Waals surface area contributed by atoms with Crippen molar-refractivity contribution in [3.8, 4) is 0 Å². The lowest BCUT2D eigenvalue weighted by Gasteiger charge is -2.41. The first-order chi connectivity index (χ1) is 10.3. The van der Waals surface area contributed by atoms with Gasteiger partial charge in [0.1, 0.15) is 5.60 Å². The van der Waals surface area contributed by atoms with Crippen LogP contribution in [0.2, 0.25) is 0 Å². The number of hydrogen-bond donors (Lipinski definition) is 0. The average molecular weight is 305 g/mol. The number of hydrogen-bond acceptors (Lipinski definition) is 4. The molecule has 2 atom stereocenters. The van der Waals surface area contributed by atoms with E-state index in [4.69, 9.17) is 9.47 Å². The van der Waals surface area contributed by atoms with Crippen LogP contribution in [-0.4, -0.2) is 40.8 Å². The van der Waals surface area contributed by atoms with Crippen molar-refractivity contribution in [3.63, 3.8) is 0 Å². The van der Waals surface area contributed by atoms with E-state index in [9.17, 15) is 9.59 Å². The minimum atomic E-state index is -0.681. The molecule has 2 heterocycles. The van der Waals surface area contributed by atoms with Crippen LogP contribution in [0.5, 0.6) is 0 Å². The topological polar surface area (TPSA) is 55.8 Å². The van der Waals surface area contributed by atoms with Crippen molar-refractivity contribution >= 4 is 12.1 Å². The molecule has 0 aromatic heterocycles. The summed E-state index contributed by atoms with van der Waals surface area (Å²) in [6.07, 6.45) is 8.56. The molecule has 1 fully saturated rings. The van der Waals surface area contributed by atoms with Crippen LogP contribution in [0.3, 0.4) is 0 Å². The molecule has 3 aliphatic rings. The van der Waals surface area contributed by atoms with Crippen LogP contribution in [0.4, 0.5) is 4.79 Å². The van der Waals surface area contributed by atoms with Crippen LogP contribution in [0, 0.1) is 0 Å². The zero-order valence-electron chi connectivity index (χ0n) is 13.4. The number of nitrogens with zero attached hydrogens (tertiary/aromatic N) is 1. The Hall–Kier alpha value is -1.78. The third kappa shape index (κ3) is 2.53. The van der Waals surface area contributed by atoms with Gasteiger partial charge in [-0.3, -0.25) is 0 Å². The molecule has 0 aromatic rings. The Labute approximate surface area is 130 Å². The van der Waals surface area contributed by atoms with Gasteiger partial charge in [-0.25, -0.2) is 9.59 Å². The second kappa shape index (κ2) is 5.14. The van der Waals surface area contributed by atoms with Gasteiger partial charge in [-0.15, -0.1) is 0 Å². The quantitative estimate of drug-likeness (QED) is 0.699. The van der Waals surface area contributed by atoms with Gasteiger partial charge in [-0.2, -0.15) is 0 Å². The molecule has 120 valence electrons. The summed E-state index contributed by atoms with van der Waals surface area (Å²) in [7, 11) is 0. The summed E-state index contributed by atoms with van der Waals surface area (Å²) in [6, 6.07) is -0.134. The third-order valence-corrected chi connectivity index (χ3v) is 4.44. The minimum Gasteiger partial charge on any atom is -0.449 e. The van der Waals surface area contributed by atoms with Crippen molar-refractivity contribution in [2.45, 2.75) is 63.7 Å². The highest BCUT2D eigenvalue weighted by molar-refractivity contribution is 5.88. The highest BCUT2D eigenvalue weighted by Crippen LogP contribution is 2.45. The SMILES string of the molecule is CC(C)(C)OC(=O)N1CCC[C@@H]1[C@]12CCC=CC1=CC(=O)O2. The molecule has 0 aromatic carbocycles. The van der Waals surface area contributed by atoms with Gasteiger partial charge in [0.2, 0.25) is 0 Å². The van der Waals surface area contributed by atoms with Crippen LogP contribution >= 0.6 is 0 Å². The molecule has 0 radical (unpaired) electrons. The van der Waals surface area contributed by atoms with Gasteiger partial charge in [0, 0.05) is 18.2 Å². The summed E-state index contributed by atoms with van der Waals surface area (Å²) in [4.78, 5) is 26.1. The predicted octanol–water partition coefficient (Wildman–Crippen LogP) is 2.96. The molecule has 0 spiro atoms. The van der Waals surface area contributed by atoms with E-state index in [2.05, 4.69) is 6.08 Å². The van der Waals surface area contributed by atoms with Gasteiger partial charge in [-0.1, -0.05) is 12.2 Å². The molecular formula is C17H23NO4. The van der Waals surface area contributed by atoms with E-state index in [0.717, 1.165) is 31.3 Å². The lowest BCUT2D eigenvalue weighted by molar-refractivity contribution is -0.151. The predicted molar refractivity (Wildman–Crippen MR) is 81.2 cm³/mol. The molecule has 0 saturated carbocycles. The smallest absolute Gasteiger partial charge is 0.410 e. The van der Waals surface area contributed by atoms with Crippen molar-refractivity contribution < 1.29 is 19.1 Å². The summed E-state index contributed by atoms with van der Waals surface area (Å²) in [5.74, 6) is -0.308. The number of esters is 1. The van der Waals surface area contributed by atoms with Gasteiger partial charge in [0.05, 0.1) is 6.04 Å². The molecule has 5 heteroatoms. The Morgan fingerprint density at radius 3 is 2.95 bits per heavy atom. The molecule has 1 saturated heterocycles. The molecule has 0 N–H and O–H groups in total. The highest BCUT2D eigenvalue weighted by Gasteiger charge is 2.54. The Kier molecular flexibility index (Phi) is 3.54. The van der Waals surface area contributed by atoms with Crippen LogP contribution < -0.4 is 0 Å². The lowest BCUT2D eigenvalue weighted by atomic mass is 9.78. The molecule has 2 aliphatic heterocycles. The van der Waals surface area contributed by atoms with E-state index in [-0.39, 0.29) is 18.1 Å². The van der Waals surface area contributed by atoms with E-state index < -0.39 is 11.2 Å². The maximum Gasteiger partial charge on any atom is 0.410 e. The monoisotopic (exact) mass is 305 g/mol. The third-order valence-electron chi connectivity index (χ3n) is 4.44. The second-order valence-electron chi connectivity index (χ2n) is 7.18. The first kappa shape index (κ1) is 15.1. The van der Waals surface area contributed by atoms with Crippen molar-refractivity contribution in [2.24, 2.45) is 0 Å². The molecule has 22 heavy (non-hydrogen) atoms. The summed E-state index contributed by atoms with van der Waals surface area (Å²) in [5, 5.41) is 0. The molecule has 3 rings (SSSR count). The van der Waals surface area contributed by atoms with Gasteiger partial charge in [-0.05, 0) is 46.5 Å². The molecule has 1 aliphatic carbocycles. The molecular weight excluding hydrogens is 282 g/mol. The Morgan fingerprint density at radius 1 is 1.45 bits per heavy atom. The van der Waals surface area contributed by atoms with Gasteiger partial charge in [0.15, 0.2) is 5.60 Å². The summed E-state index contributed by atoms with van der Waals surface area (Å²) >= 11 is 0. The van der Waals surface area contributed by atoms with Gasteiger partial charge < -0.3 is 14.4 Å². The van der Waals surface area contributed by atoms with Crippen molar-refractivity contribution in [1.29, 1.82) is 0 Å². The number of allylic oxidation sites excluding steroid dienone is 1. The first-order valence-electron chi connectivity index (χ1n) is 7.93. The van der Waals surface area contributed by atoms with E-state index in [1.807, 2.05) is 26.8 Å². The van der Waals surface area contributed by atoms with E-state index in [1.165, 1.54) is 0 Å². The van der Waals surface area contributed by atoms with Crippen LogP contribution in [0.1, 0.15) is 46.5 Å². The summed E-state index contributed by atoms with van der Waals surface area (Å²) < 4.78 is 11.2. The fraction of sp³-hybridized carbons (Fsp3) is 0.647. The molecule has 0 unspecified atom stereocenters. The van der Waals surface area contributed by atoms with Crippen LogP contribution in [0.15, 0.2) is 23.8 Å². The maximum absolute atomic E-state index is 12.5.